The van der Waals surface area contributed by atoms with Gasteiger partial charge in [-0.05, 0) is 123 Å². The number of allylic oxidation sites excluding steroid dienone is 1. The van der Waals surface area contributed by atoms with Gasteiger partial charge in [0.1, 0.15) is 5.78 Å². The maximum Gasteiger partial charge on any atom is 0.305 e. The second-order valence-corrected chi connectivity index (χ2v) is 17.3. The molecular weight excluding hydrogens is 546 g/mol. The molecule has 5 rings (SSSR count). The van der Waals surface area contributed by atoms with Crippen LogP contribution in [0.25, 0.3) is 0 Å². The summed E-state index contributed by atoms with van der Waals surface area (Å²) < 4.78 is 4.74. The van der Waals surface area contributed by atoms with E-state index in [1.807, 2.05) is 0 Å². The van der Waals surface area contributed by atoms with Gasteiger partial charge in [0, 0.05) is 24.8 Å². The van der Waals surface area contributed by atoms with Gasteiger partial charge < -0.3 is 10.1 Å². The monoisotopic (exact) mass is 609 g/mol. The van der Waals surface area contributed by atoms with E-state index in [0.29, 0.717) is 47.7 Å². The first-order chi connectivity index (χ1) is 20.7. The predicted molar refractivity (Wildman–Crippen MR) is 177 cm³/mol. The number of rotatable bonds is 10. The number of Topliss-reactive ketones (excluding diaryl/α,β-unsaturated/α-hetero) is 1. The molecule has 1 N–H and O–H groups in total. The summed E-state index contributed by atoms with van der Waals surface area (Å²) in [5, 5.41) is 3.45. The molecule has 248 valence electrons. The molecule has 44 heavy (non-hydrogen) atoms. The molecule has 5 fully saturated rings. The molecule has 0 radical (unpaired) electrons. The van der Waals surface area contributed by atoms with Gasteiger partial charge in [0.25, 0.3) is 0 Å². The minimum Gasteiger partial charge on any atom is -0.469 e. The number of unbranched alkanes of at least 4 members (excludes halogenated alkanes) is 4. The number of hydrogen-bond donors (Lipinski definition) is 1. The summed E-state index contributed by atoms with van der Waals surface area (Å²) in [5.41, 5.74) is 1.44. The van der Waals surface area contributed by atoms with Crippen LogP contribution in [0, 0.1) is 56.7 Å². The fourth-order valence-electron chi connectivity index (χ4n) is 12.7. The second kappa shape index (κ2) is 12.2. The Balaban J connectivity index is 1.31. The highest BCUT2D eigenvalue weighted by Crippen LogP contribution is 2.77. The van der Waals surface area contributed by atoms with Crippen molar-refractivity contribution in [2.24, 2.45) is 56.7 Å². The van der Waals surface area contributed by atoms with Crippen molar-refractivity contribution >= 4 is 17.7 Å². The molecule has 1 amide bonds. The van der Waals surface area contributed by atoms with Crippen LogP contribution in [0.1, 0.15) is 144 Å². The van der Waals surface area contributed by atoms with E-state index in [1.54, 1.807) is 0 Å². The van der Waals surface area contributed by atoms with Crippen molar-refractivity contribution in [2.45, 2.75) is 144 Å². The van der Waals surface area contributed by atoms with Gasteiger partial charge in [0.2, 0.25) is 5.91 Å². The molecule has 0 aromatic heterocycles. The van der Waals surface area contributed by atoms with Gasteiger partial charge in [0.05, 0.1) is 12.5 Å². The van der Waals surface area contributed by atoms with Crippen molar-refractivity contribution < 1.29 is 19.1 Å². The Morgan fingerprint density at radius 1 is 0.841 bits per heavy atom. The third-order valence-electron chi connectivity index (χ3n) is 15.3. The Bertz CT molecular complexity index is 1140. The molecule has 0 aromatic carbocycles. The lowest BCUT2D eigenvalue weighted by Gasteiger charge is -2.72. The zero-order valence-corrected chi connectivity index (χ0v) is 29.2. The van der Waals surface area contributed by atoms with Crippen LogP contribution in [0.3, 0.4) is 0 Å². The van der Waals surface area contributed by atoms with Crippen molar-refractivity contribution in [3.63, 3.8) is 0 Å². The standard InChI is InChI=1S/C39H63NO4/c1-26(2)27-17-22-39(34(43)40-25-13-11-9-10-12-14-32(42)44-8)24-23-37(6)28(33(27)39)15-16-30-36(5)20-19-31(41)35(3,4)29(36)18-21-38(30,37)7/h27-30,33H,1,9-25H2,2-8H3,(H,40,43)/t27-,28+,29-,30+,33+,36-,37+,38+,39-/m0/s1. The summed E-state index contributed by atoms with van der Waals surface area (Å²) in [7, 11) is 1.45. The van der Waals surface area contributed by atoms with E-state index < -0.39 is 0 Å². The number of carbonyl (C=O) groups is 3. The maximum absolute atomic E-state index is 14.3. The van der Waals surface area contributed by atoms with E-state index in [0.717, 1.165) is 83.6 Å². The highest BCUT2D eigenvalue weighted by Gasteiger charge is 2.71. The molecule has 5 saturated carbocycles. The highest BCUT2D eigenvalue weighted by atomic mass is 16.5. The molecule has 0 heterocycles. The van der Waals surface area contributed by atoms with E-state index in [2.05, 4.69) is 53.4 Å². The first kappa shape index (κ1) is 33.7. The zero-order chi connectivity index (χ0) is 32.1. The van der Waals surface area contributed by atoms with Crippen LogP contribution in [0.15, 0.2) is 12.2 Å². The van der Waals surface area contributed by atoms with Gasteiger partial charge in [-0.3, -0.25) is 14.4 Å². The Morgan fingerprint density at radius 2 is 1.55 bits per heavy atom. The molecule has 0 bridgehead atoms. The molecule has 0 aliphatic heterocycles. The molecule has 0 aromatic rings. The first-order valence-corrected chi connectivity index (χ1v) is 18.2. The van der Waals surface area contributed by atoms with Crippen LogP contribution >= 0.6 is 0 Å². The number of esters is 1. The maximum atomic E-state index is 14.3. The smallest absolute Gasteiger partial charge is 0.305 e. The van der Waals surface area contributed by atoms with Crippen LogP contribution in [0.4, 0.5) is 0 Å². The van der Waals surface area contributed by atoms with E-state index in [4.69, 9.17) is 4.74 Å². The average Bonchev–Trinajstić information content (AvgIpc) is 3.38. The lowest BCUT2D eigenvalue weighted by molar-refractivity contribution is -0.233. The Hall–Kier alpha value is -1.65. The number of hydrogen-bond acceptors (Lipinski definition) is 4. The molecule has 5 aliphatic carbocycles. The number of carbonyl (C=O) groups excluding carboxylic acids is 3. The lowest BCUT2D eigenvalue weighted by atomic mass is 9.32. The van der Waals surface area contributed by atoms with Crippen LogP contribution in [-0.4, -0.2) is 31.3 Å². The van der Waals surface area contributed by atoms with Gasteiger partial charge in [-0.1, -0.05) is 66.0 Å². The molecule has 5 nitrogen and oxygen atoms in total. The summed E-state index contributed by atoms with van der Waals surface area (Å²) in [6.07, 6.45) is 16.4. The third kappa shape index (κ3) is 5.13. The highest BCUT2D eigenvalue weighted by molar-refractivity contribution is 5.85. The fourth-order valence-corrected chi connectivity index (χ4v) is 12.7. The first-order valence-electron chi connectivity index (χ1n) is 18.2. The molecule has 0 spiro atoms. The van der Waals surface area contributed by atoms with Crippen molar-refractivity contribution in [3.05, 3.63) is 12.2 Å². The summed E-state index contributed by atoms with van der Waals surface area (Å²) in [6, 6.07) is 0. The number of amides is 1. The van der Waals surface area contributed by atoms with Gasteiger partial charge in [-0.15, -0.1) is 0 Å². The third-order valence-corrected chi connectivity index (χ3v) is 15.3. The Kier molecular flexibility index (Phi) is 9.33. The van der Waals surface area contributed by atoms with E-state index in [-0.39, 0.29) is 33.0 Å². The molecule has 0 saturated heterocycles. The molecule has 0 unspecified atom stereocenters. The lowest BCUT2D eigenvalue weighted by Crippen LogP contribution is -2.67. The van der Waals surface area contributed by atoms with Gasteiger partial charge >= 0.3 is 5.97 Å². The van der Waals surface area contributed by atoms with Gasteiger partial charge in [0.15, 0.2) is 0 Å². The Labute approximate surface area is 268 Å². The van der Waals surface area contributed by atoms with Crippen LogP contribution in [-0.2, 0) is 19.1 Å². The summed E-state index contributed by atoms with van der Waals surface area (Å²) in [4.78, 5) is 38.7. The number of fused-ring (bicyclic) bond motifs is 7. The van der Waals surface area contributed by atoms with Crippen LogP contribution in [0.5, 0.6) is 0 Å². The largest absolute Gasteiger partial charge is 0.469 e. The Morgan fingerprint density at radius 3 is 2.25 bits per heavy atom. The molecule has 5 heteroatoms. The van der Waals surface area contributed by atoms with Crippen molar-refractivity contribution in [1.82, 2.24) is 5.32 Å². The van der Waals surface area contributed by atoms with E-state index in [1.165, 1.54) is 31.9 Å². The molecular formula is C39H63NO4. The number of ketones is 1. The quantitative estimate of drug-likeness (QED) is 0.153. The van der Waals surface area contributed by atoms with Crippen molar-refractivity contribution in [3.8, 4) is 0 Å². The van der Waals surface area contributed by atoms with Gasteiger partial charge in [-0.2, -0.15) is 0 Å². The number of nitrogens with one attached hydrogen (secondary N) is 1. The summed E-state index contributed by atoms with van der Waals surface area (Å²) in [6.45, 7) is 19.8. The van der Waals surface area contributed by atoms with Gasteiger partial charge in [-0.25, -0.2) is 0 Å². The van der Waals surface area contributed by atoms with E-state index in [9.17, 15) is 14.4 Å². The van der Waals surface area contributed by atoms with Crippen LogP contribution in [0.2, 0.25) is 0 Å². The average molecular weight is 610 g/mol. The topological polar surface area (TPSA) is 72.5 Å². The minimum atomic E-state index is -0.266. The van der Waals surface area contributed by atoms with Crippen molar-refractivity contribution in [2.75, 3.05) is 13.7 Å². The van der Waals surface area contributed by atoms with E-state index >= 15 is 0 Å². The molecule has 5 aliphatic rings. The SMILES string of the molecule is C=C(C)[C@@H]1CC[C@]2(C(=O)NCCCCCCCC(=O)OC)CC[C@]3(C)[C@H](CC[C@@H]4[C@@]5(C)CCC(=O)C(C)(C)[C@@H]5CC[C@]43C)[C@@H]12. The fraction of sp³-hybridized carbons (Fsp3) is 0.872. The normalized spacial score (nSPS) is 42.3. The zero-order valence-electron chi connectivity index (χ0n) is 29.2. The van der Waals surface area contributed by atoms with Crippen molar-refractivity contribution in [1.29, 1.82) is 0 Å². The second-order valence-electron chi connectivity index (χ2n) is 17.3. The number of methoxy groups -OCH3 is 1. The minimum absolute atomic E-state index is 0.127. The molecule has 9 atom stereocenters. The summed E-state index contributed by atoms with van der Waals surface area (Å²) >= 11 is 0. The summed E-state index contributed by atoms with van der Waals surface area (Å²) in [5.74, 6) is 3.13. The predicted octanol–water partition coefficient (Wildman–Crippen LogP) is 8.84. The van der Waals surface area contributed by atoms with Crippen LogP contribution < -0.4 is 5.32 Å². The number of ether oxygens (including phenoxy) is 1.